The van der Waals surface area contributed by atoms with Crippen molar-refractivity contribution in [2.75, 3.05) is 0 Å². The van der Waals surface area contributed by atoms with Gasteiger partial charge in [0.1, 0.15) is 5.60 Å². The molecule has 1 amide bonds. The predicted octanol–water partition coefficient (Wildman–Crippen LogP) is 1.93. The molecule has 0 atom stereocenters. The maximum atomic E-state index is 11.4. The lowest BCUT2D eigenvalue weighted by atomic mass is 10.1. The summed E-state index contributed by atoms with van der Waals surface area (Å²) in [5, 5.41) is 2.62. The highest BCUT2D eigenvalue weighted by Crippen LogP contribution is 2.08. The number of carbonyl (C=O) groups excluding carboxylic acids is 1. The lowest BCUT2D eigenvalue weighted by Crippen LogP contribution is -2.44. The summed E-state index contributed by atoms with van der Waals surface area (Å²) >= 11 is 0. The maximum absolute atomic E-state index is 11.4. The Morgan fingerprint density at radius 1 is 1.27 bits per heavy atom. The van der Waals surface area contributed by atoms with Gasteiger partial charge in [-0.15, -0.1) is 6.42 Å². The van der Waals surface area contributed by atoms with Gasteiger partial charge < -0.3 is 10.1 Å². The fourth-order valence-corrected chi connectivity index (χ4v) is 0.782. The van der Waals surface area contributed by atoms with E-state index in [1.54, 1.807) is 34.6 Å². The van der Waals surface area contributed by atoms with Gasteiger partial charge in [0.15, 0.2) is 0 Å². The van der Waals surface area contributed by atoms with Crippen LogP contribution in [-0.2, 0) is 4.74 Å². The van der Waals surface area contributed by atoms with E-state index in [0.29, 0.717) is 0 Å². The van der Waals surface area contributed by atoms with Crippen molar-refractivity contribution in [2.45, 2.75) is 45.8 Å². The van der Waals surface area contributed by atoms with Crippen molar-refractivity contribution in [3.63, 3.8) is 0 Å². The number of ether oxygens (including phenoxy) is 1. The van der Waals surface area contributed by atoms with Crippen molar-refractivity contribution in [2.24, 2.45) is 0 Å². The van der Waals surface area contributed by atoms with Gasteiger partial charge in [-0.2, -0.15) is 0 Å². The summed E-state index contributed by atoms with van der Waals surface area (Å²) in [6.45, 7) is 8.90. The number of alkyl carbamates (subject to hydrolysis) is 1. The van der Waals surface area contributed by atoms with Crippen LogP contribution in [0.2, 0.25) is 0 Å². The summed E-state index contributed by atoms with van der Waals surface area (Å²) in [6.07, 6.45) is 4.50. The summed E-state index contributed by atoms with van der Waals surface area (Å²) in [6, 6.07) is 0. The minimum absolute atomic E-state index is 0.501. The van der Waals surface area contributed by atoms with Gasteiger partial charge in [-0.3, -0.25) is 0 Å². The van der Waals surface area contributed by atoms with Crippen molar-refractivity contribution in [1.29, 1.82) is 0 Å². The Kier molecular flexibility index (Phi) is 4.24. The molecule has 0 aromatic carbocycles. The number of hydrogen-bond acceptors (Lipinski definition) is 2. The molecule has 0 heterocycles. The summed E-state index contributed by atoms with van der Waals surface area (Å²) < 4.78 is 5.08. The normalized spacial score (nSPS) is 10.7. The van der Waals surface area contributed by atoms with E-state index in [9.17, 15) is 4.79 Å². The first-order valence-corrected chi connectivity index (χ1v) is 4.65. The summed E-state index contributed by atoms with van der Waals surface area (Å²) in [5.74, 6) is 7.38. The molecular formula is C12H17NO2. The second-order valence-electron chi connectivity index (χ2n) is 4.65. The summed E-state index contributed by atoms with van der Waals surface area (Å²) in [7, 11) is 0. The SMILES string of the molecule is C#CC#CC(C)(C)NC(=O)OC(C)(C)C. The fraction of sp³-hybridized carbons (Fsp3) is 0.583. The molecule has 0 saturated carbocycles. The quantitative estimate of drug-likeness (QED) is 0.667. The number of amides is 1. The Hall–Kier alpha value is -1.61. The predicted molar refractivity (Wildman–Crippen MR) is 60.1 cm³/mol. The van der Waals surface area contributed by atoms with Crippen LogP contribution < -0.4 is 5.32 Å². The number of nitrogens with one attached hydrogen (secondary N) is 1. The van der Waals surface area contributed by atoms with Gasteiger partial charge in [-0.1, -0.05) is 5.92 Å². The molecule has 15 heavy (non-hydrogen) atoms. The molecule has 1 N–H and O–H groups in total. The highest BCUT2D eigenvalue weighted by molar-refractivity contribution is 5.69. The molecule has 0 unspecified atom stereocenters. The first-order chi connectivity index (χ1) is 6.66. The smallest absolute Gasteiger partial charge is 0.408 e. The molecule has 0 saturated heterocycles. The first-order valence-electron chi connectivity index (χ1n) is 4.65. The van der Waals surface area contributed by atoms with Crippen LogP contribution in [-0.4, -0.2) is 17.2 Å². The lowest BCUT2D eigenvalue weighted by molar-refractivity contribution is 0.0494. The Bertz CT molecular complexity index is 331. The van der Waals surface area contributed by atoms with Gasteiger partial charge in [0.2, 0.25) is 0 Å². The van der Waals surface area contributed by atoms with Crippen LogP contribution in [0.25, 0.3) is 0 Å². The van der Waals surface area contributed by atoms with E-state index in [0.717, 1.165) is 0 Å². The molecule has 3 heteroatoms. The van der Waals surface area contributed by atoms with Crippen LogP contribution in [0.1, 0.15) is 34.6 Å². The Morgan fingerprint density at radius 2 is 1.80 bits per heavy atom. The fourth-order valence-electron chi connectivity index (χ4n) is 0.782. The zero-order chi connectivity index (χ0) is 12.1. The van der Waals surface area contributed by atoms with Gasteiger partial charge in [0.05, 0.1) is 5.54 Å². The Morgan fingerprint density at radius 3 is 2.20 bits per heavy atom. The zero-order valence-corrected chi connectivity index (χ0v) is 9.89. The zero-order valence-electron chi connectivity index (χ0n) is 9.89. The van der Waals surface area contributed by atoms with Crippen LogP contribution in [0.3, 0.4) is 0 Å². The van der Waals surface area contributed by atoms with E-state index in [4.69, 9.17) is 11.2 Å². The van der Waals surface area contributed by atoms with Crippen LogP contribution in [0, 0.1) is 24.2 Å². The van der Waals surface area contributed by atoms with E-state index in [-0.39, 0.29) is 0 Å². The third-order valence-corrected chi connectivity index (χ3v) is 1.26. The molecule has 82 valence electrons. The van der Waals surface area contributed by atoms with Crippen molar-refractivity contribution in [3.8, 4) is 24.2 Å². The topological polar surface area (TPSA) is 38.3 Å². The molecule has 0 fully saturated rings. The minimum Gasteiger partial charge on any atom is -0.444 e. The molecule has 0 aromatic rings. The van der Waals surface area contributed by atoms with Gasteiger partial charge in [-0.25, -0.2) is 4.79 Å². The van der Waals surface area contributed by atoms with Crippen molar-refractivity contribution < 1.29 is 9.53 Å². The molecule has 0 aliphatic rings. The molecular weight excluding hydrogens is 190 g/mol. The average Bonchev–Trinajstić information content (AvgIpc) is 1.95. The molecule has 0 aliphatic carbocycles. The van der Waals surface area contributed by atoms with E-state index < -0.39 is 17.2 Å². The van der Waals surface area contributed by atoms with Crippen molar-refractivity contribution >= 4 is 6.09 Å². The van der Waals surface area contributed by atoms with E-state index in [1.165, 1.54) is 0 Å². The van der Waals surface area contributed by atoms with Gasteiger partial charge in [-0.05, 0) is 46.5 Å². The van der Waals surface area contributed by atoms with Crippen molar-refractivity contribution in [3.05, 3.63) is 0 Å². The monoisotopic (exact) mass is 207 g/mol. The van der Waals surface area contributed by atoms with Crippen LogP contribution in [0.5, 0.6) is 0 Å². The summed E-state index contributed by atoms with van der Waals surface area (Å²) in [4.78, 5) is 11.4. The maximum Gasteiger partial charge on any atom is 0.408 e. The molecule has 0 aliphatic heterocycles. The third-order valence-electron chi connectivity index (χ3n) is 1.26. The second-order valence-corrected chi connectivity index (χ2v) is 4.65. The van der Waals surface area contributed by atoms with Crippen LogP contribution in [0.4, 0.5) is 4.79 Å². The Labute approximate surface area is 91.6 Å². The van der Waals surface area contributed by atoms with Gasteiger partial charge in [0.25, 0.3) is 0 Å². The van der Waals surface area contributed by atoms with Crippen LogP contribution in [0.15, 0.2) is 0 Å². The van der Waals surface area contributed by atoms with Crippen LogP contribution >= 0.6 is 0 Å². The number of rotatable bonds is 1. The number of carbonyl (C=O) groups is 1. The minimum atomic E-state index is -0.686. The van der Waals surface area contributed by atoms with E-state index in [1.807, 2.05) is 0 Å². The van der Waals surface area contributed by atoms with Gasteiger partial charge >= 0.3 is 6.09 Å². The molecule has 0 aromatic heterocycles. The first kappa shape index (κ1) is 13.4. The van der Waals surface area contributed by atoms with Gasteiger partial charge in [0, 0.05) is 0 Å². The van der Waals surface area contributed by atoms with E-state index in [2.05, 4.69) is 23.1 Å². The molecule has 0 bridgehead atoms. The summed E-state index contributed by atoms with van der Waals surface area (Å²) in [5.41, 5.74) is -1.20. The largest absolute Gasteiger partial charge is 0.444 e. The number of hydrogen-bond donors (Lipinski definition) is 1. The molecule has 0 spiro atoms. The Balaban J connectivity index is 4.37. The molecule has 0 rings (SSSR count). The lowest BCUT2D eigenvalue weighted by Gasteiger charge is -2.24. The van der Waals surface area contributed by atoms with Crippen molar-refractivity contribution in [1.82, 2.24) is 5.32 Å². The second kappa shape index (κ2) is 4.75. The molecule has 0 radical (unpaired) electrons. The highest BCUT2D eigenvalue weighted by Gasteiger charge is 2.22. The average molecular weight is 207 g/mol. The van der Waals surface area contributed by atoms with E-state index >= 15 is 0 Å². The third kappa shape index (κ3) is 7.46. The number of terminal acetylenes is 1. The molecule has 3 nitrogen and oxygen atoms in total. The standard InChI is InChI=1S/C12H17NO2/c1-7-8-9-12(5,6)13-10(14)15-11(2,3)4/h1H,2-6H3,(H,13,14). The highest BCUT2D eigenvalue weighted by atomic mass is 16.6.